The number of ketones is 2. The Labute approximate surface area is 233 Å². The molecule has 0 aromatic heterocycles. The maximum Gasteiger partial charge on any atom is 0.196 e. The number of carbonyl (C=O) groups is 2. The van der Waals surface area contributed by atoms with Crippen molar-refractivity contribution in [1.29, 1.82) is 0 Å². The maximum absolute atomic E-state index is 13.6. The van der Waals surface area contributed by atoms with Crippen LogP contribution >= 0.6 is 11.8 Å². The molecule has 0 fully saturated rings. The normalized spacial score (nSPS) is 11.7. The van der Waals surface area contributed by atoms with Crippen LogP contribution in [0.2, 0.25) is 0 Å². The maximum atomic E-state index is 13.6. The van der Waals surface area contributed by atoms with Crippen LogP contribution in [0, 0.1) is 13.8 Å². The molecule has 0 amide bonds. The van der Waals surface area contributed by atoms with Crippen LogP contribution in [0.25, 0.3) is 0 Å². The predicted octanol–water partition coefficient (Wildman–Crippen LogP) is 5.73. The van der Waals surface area contributed by atoms with Gasteiger partial charge < -0.3 is 20.8 Å². The minimum absolute atomic E-state index is 0.0888. The van der Waals surface area contributed by atoms with E-state index in [2.05, 4.69) is 29.7 Å². The van der Waals surface area contributed by atoms with Gasteiger partial charge in [-0.05, 0) is 55.8 Å². The summed E-state index contributed by atoms with van der Waals surface area (Å²) in [6.45, 7) is 4.30. The average molecular weight is 541 g/mol. The molecule has 0 spiro atoms. The number of aliphatic hydroxyl groups excluding tert-OH is 2. The number of anilines is 2. The van der Waals surface area contributed by atoms with E-state index in [4.69, 9.17) is 0 Å². The van der Waals surface area contributed by atoms with E-state index in [0.717, 1.165) is 15.4 Å². The van der Waals surface area contributed by atoms with Crippen molar-refractivity contribution < 1.29 is 19.8 Å². The molecule has 0 bridgehead atoms. The topological polar surface area (TPSA) is 98.7 Å². The smallest absolute Gasteiger partial charge is 0.196 e. The van der Waals surface area contributed by atoms with Crippen molar-refractivity contribution in [2.75, 3.05) is 36.9 Å². The van der Waals surface area contributed by atoms with Gasteiger partial charge in [-0.2, -0.15) is 0 Å². The van der Waals surface area contributed by atoms with Gasteiger partial charge in [0, 0.05) is 45.4 Å². The van der Waals surface area contributed by atoms with Crippen LogP contribution in [0.15, 0.2) is 94.7 Å². The largest absolute Gasteiger partial charge is 0.395 e. The van der Waals surface area contributed by atoms with Crippen LogP contribution < -0.4 is 10.6 Å². The van der Waals surface area contributed by atoms with Crippen molar-refractivity contribution >= 4 is 34.7 Å². The first kappa shape index (κ1) is 28.1. The van der Waals surface area contributed by atoms with E-state index in [1.807, 2.05) is 67.6 Å². The third-order valence-electron chi connectivity index (χ3n) is 6.11. The van der Waals surface area contributed by atoms with Crippen LogP contribution in [0.4, 0.5) is 11.4 Å². The van der Waals surface area contributed by atoms with E-state index < -0.39 is 0 Å². The molecule has 4 N–H and O–H groups in total. The highest BCUT2D eigenvalue weighted by Gasteiger charge is 2.34. The Morgan fingerprint density at radius 1 is 0.615 bits per heavy atom. The summed E-state index contributed by atoms with van der Waals surface area (Å²) in [5.74, 6) is -0.473. The summed E-state index contributed by atoms with van der Waals surface area (Å²) in [4.78, 5) is 29.0. The second-order valence-electron chi connectivity index (χ2n) is 9.16. The first-order valence-electron chi connectivity index (χ1n) is 12.8. The number of aryl methyl sites for hydroxylation is 2. The fraction of sp³-hybridized carbons (Fsp3) is 0.188. The molecule has 39 heavy (non-hydrogen) atoms. The van der Waals surface area contributed by atoms with Crippen LogP contribution in [0.5, 0.6) is 0 Å². The zero-order valence-electron chi connectivity index (χ0n) is 22.0. The Hall–Kier alpha value is -3.91. The fourth-order valence-electron chi connectivity index (χ4n) is 4.40. The highest BCUT2D eigenvalue weighted by Crippen LogP contribution is 2.40. The third-order valence-corrected chi connectivity index (χ3v) is 7.09. The molecule has 0 heterocycles. The molecule has 0 saturated carbocycles. The minimum Gasteiger partial charge on any atom is -0.395 e. The van der Waals surface area contributed by atoms with Gasteiger partial charge >= 0.3 is 0 Å². The van der Waals surface area contributed by atoms with Gasteiger partial charge in [-0.25, -0.2) is 0 Å². The summed E-state index contributed by atoms with van der Waals surface area (Å²) >= 11 is 1.50. The molecule has 0 atom stereocenters. The van der Waals surface area contributed by atoms with Crippen molar-refractivity contribution in [3.05, 3.63) is 118 Å². The molecule has 0 saturated heterocycles. The van der Waals surface area contributed by atoms with Crippen molar-refractivity contribution in [2.45, 2.75) is 23.6 Å². The van der Waals surface area contributed by atoms with Crippen molar-refractivity contribution in [3.63, 3.8) is 0 Å². The second-order valence-corrected chi connectivity index (χ2v) is 10.3. The molecule has 200 valence electrons. The van der Waals surface area contributed by atoms with Crippen LogP contribution in [-0.4, -0.2) is 48.1 Å². The van der Waals surface area contributed by atoms with Gasteiger partial charge in [0.05, 0.1) is 24.3 Å². The standard InChI is InChI=1S/C25H24N2O4S.C7H8/c1-15-11-18-22(20(12-15)26-7-9-28)25(31)19-13-17(32-16-5-3-2-4-6-16)14-21(27-8-10-29)23(19)24(18)30;1-7-5-3-2-4-6-7/h2-6,11-14,26-29H,7-10H2,1H3;2-6H,1H3. The second kappa shape index (κ2) is 13.2. The zero-order valence-corrected chi connectivity index (χ0v) is 22.8. The van der Waals surface area contributed by atoms with Gasteiger partial charge in [-0.15, -0.1) is 0 Å². The molecule has 0 unspecified atom stereocenters. The van der Waals surface area contributed by atoms with Gasteiger partial charge in [-0.1, -0.05) is 65.9 Å². The van der Waals surface area contributed by atoms with Crippen LogP contribution in [-0.2, 0) is 0 Å². The Bertz CT molecular complexity index is 1460. The number of nitrogens with one attached hydrogen (secondary N) is 2. The van der Waals surface area contributed by atoms with Crippen molar-refractivity contribution in [2.24, 2.45) is 0 Å². The van der Waals surface area contributed by atoms with Gasteiger partial charge in [0.25, 0.3) is 0 Å². The molecule has 4 aromatic carbocycles. The summed E-state index contributed by atoms with van der Waals surface area (Å²) in [6, 6.07) is 27.2. The van der Waals surface area contributed by atoms with Gasteiger partial charge in [0.15, 0.2) is 11.6 Å². The number of benzene rings is 4. The van der Waals surface area contributed by atoms with Crippen molar-refractivity contribution in [3.8, 4) is 0 Å². The van der Waals surface area contributed by atoms with E-state index in [-0.39, 0.29) is 37.9 Å². The SMILES string of the molecule is Cc1cc(NCCO)c2c(c1)C(=O)c1c(NCCO)cc(Sc3ccccc3)cc1C2=O.Cc1ccccc1. The molecule has 6 nitrogen and oxygen atoms in total. The lowest BCUT2D eigenvalue weighted by Gasteiger charge is -2.24. The summed E-state index contributed by atoms with van der Waals surface area (Å²) in [7, 11) is 0. The number of fused-ring (bicyclic) bond motifs is 2. The highest BCUT2D eigenvalue weighted by molar-refractivity contribution is 7.99. The molecule has 0 radical (unpaired) electrons. The van der Waals surface area contributed by atoms with Gasteiger partial charge in [-0.3, -0.25) is 9.59 Å². The Kier molecular flexibility index (Phi) is 9.54. The summed E-state index contributed by atoms with van der Waals surface area (Å²) in [5.41, 5.74) is 4.58. The number of hydrogen-bond donors (Lipinski definition) is 4. The first-order chi connectivity index (χ1) is 18.9. The highest BCUT2D eigenvalue weighted by atomic mass is 32.2. The van der Waals surface area contributed by atoms with Crippen molar-refractivity contribution in [1.82, 2.24) is 0 Å². The first-order valence-corrected chi connectivity index (χ1v) is 13.6. The molecule has 7 heteroatoms. The number of rotatable bonds is 8. The third kappa shape index (κ3) is 6.75. The van der Waals surface area contributed by atoms with Gasteiger partial charge in [0.2, 0.25) is 0 Å². The minimum atomic E-state index is -0.238. The zero-order chi connectivity index (χ0) is 27.8. The monoisotopic (exact) mass is 540 g/mol. The van der Waals surface area contributed by atoms with E-state index in [1.165, 1.54) is 17.3 Å². The van der Waals surface area contributed by atoms with Gasteiger partial charge in [0.1, 0.15) is 0 Å². The summed E-state index contributed by atoms with van der Waals surface area (Å²) < 4.78 is 0. The molecular weight excluding hydrogens is 508 g/mol. The lowest BCUT2D eigenvalue weighted by molar-refractivity contribution is 0.0980. The molecule has 4 aromatic rings. The summed E-state index contributed by atoms with van der Waals surface area (Å²) in [6.07, 6.45) is 0. The number of hydrogen-bond acceptors (Lipinski definition) is 7. The number of aliphatic hydroxyl groups is 2. The van der Waals surface area contributed by atoms with E-state index in [0.29, 0.717) is 33.6 Å². The Morgan fingerprint density at radius 2 is 1.13 bits per heavy atom. The molecule has 0 aliphatic heterocycles. The fourth-order valence-corrected chi connectivity index (χ4v) is 5.32. The Balaban J connectivity index is 0.000000438. The lowest BCUT2D eigenvalue weighted by atomic mass is 9.81. The predicted molar refractivity (Wildman–Crippen MR) is 157 cm³/mol. The van der Waals surface area contributed by atoms with E-state index in [9.17, 15) is 19.8 Å². The lowest BCUT2D eigenvalue weighted by Crippen LogP contribution is -2.25. The Morgan fingerprint density at radius 3 is 1.64 bits per heavy atom. The molecule has 1 aliphatic rings. The summed E-state index contributed by atoms with van der Waals surface area (Å²) in [5, 5.41) is 24.7. The van der Waals surface area contributed by atoms with Crippen LogP contribution in [0.1, 0.15) is 43.0 Å². The van der Waals surface area contributed by atoms with Crippen LogP contribution in [0.3, 0.4) is 0 Å². The molecule has 5 rings (SSSR count). The number of carbonyl (C=O) groups excluding carboxylic acids is 2. The molecular formula is C32H32N2O4S. The van der Waals surface area contributed by atoms with E-state index in [1.54, 1.807) is 12.1 Å². The average Bonchev–Trinajstić information content (AvgIpc) is 2.94. The quantitative estimate of drug-likeness (QED) is 0.200. The molecule has 1 aliphatic carbocycles. The van der Waals surface area contributed by atoms with E-state index >= 15 is 0 Å².